The van der Waals surface area contributed by atoms with E-state index in [4.69, 9.17) is 37.9 Å². The molecule has 14 atom stereocenters. The van der Waals surface area contributed by atoms with Gasteiger partial charge >= 0.3 is 5.97 Å². The third-order valence-electron chi connectivity index (χ3n) is 9.22. The molecule has 3 aliphatic rings. The molecular weight excluding hydrogens is 740 g/mol. The largest absolute Gasteiger partial charge is 0.504 e. The minimum Gasteiger partial charge on any atom is -0.504 e. The molecule has 0 spiro atoms. The number of carbonyl (C=O) groups is 1. The summed E-state index contributed by atoms with van der Waals surface area (Å²) in [7, 11) is 1.35. The third-order valence-corrected chi connectivity index (χ3v) is 9.22. The maximum atomic E-state index is 12.8. The summed E-state index contributed by atoms with van der Waals surface area (Å²) in [5.41, 5.74) is 0.970. The van der Waals surface area contributed by atoms with E-state index in [2.05, 4.69) is 0 Å². The lowest BCUT2D eigenvalue weighted by Crippen LogP contribution is -2.66. The molecule has 0 bridgehead atoms. The van der Waals surface area contributed by atoms with Crippen molar-refractivity contribution in [2.75, 3.05) is 33.5 Å². The lowest BCUT2D eigenvalue weighted by atomic mass is 9.96. The van der Waals surface area contributed by atoms with Crippen molar-refractivity contribution in [1.29, 1.82) is 0 Å². The molecule has 20 heteroatoms. The number of methoxy groups -OCH3 is 1. The van der Waals surface area contributed by atoms with Gasteiger partial charge in [0.15, 0.2) is 41.9 Å². The zero-order valence-corrected chi connectivity index (χ0v) is 29.3. The first-order chi connectivity index (χ1) is 26.2. The van der Waals surface area contributed by atoms with Crippen LogP contribution in [0.25, 0.3) is 6.08 Å². The van der Waals surface area contributed by atoms with E-state index in [9.17, 15) is 61.0 Å². The Hall–Kier alpha value is -3.71. The van der Waals surface area contributed by atoms with E-state index in [1.165, 1.54) is 49.6 Å². The van der Waals surface area contributed by atoms with Crippen LogP contribution in [0.3, 0.4) is 0 Å². The fourth-order valence-corrected chi connectivity index (χ4v) is 6.04. The van der Waals surface area contributed by atoms with Crippen LogP contribution in [0.5, 0.6) is 23.0 Å². The van der Waals surface area contributed by atoms with Gasteiger partial charge in [0.1, 0.15) is 73.8 Å². The molecule has 3 heterocycles. The highest BCUT2D eigenvalue weighted by atomic mass is 16.8. The predicted octanol–water partition coefficient (Wildman–Crippen LogP) is -3.28. The molecule has 0 aliphatic carbocycles. The molecule has 306 valence electrons. The number of ether oxygens (including phenoxy) is 8. The van der Waals surface area contributed by atoms with Crippen LogP contribution in [0, 0.1) is 0 Å². The van der Waals surface area contributed by atoms with E-state index in [0.717, 1.165) is 6.08 Å². The van der Waals surface area contributed by atoms with Gasteiger partial charge in [-0.15, -0.1) is 0 Å². The monoisotopic (exact) mass is 786 g/mol. The second-order valence-electron chi connectivity index (χ2n) is 13.0. The van der Waals surface area contributed by atoms with Crippen LogP contribution in [-0.4, -0.2) is 182 Å². The molecule has 2 aromatic carbocycles. The van der Waals surface area contributed by atoms with Gasteiger partial charge in [-0.2, -0.15) is 0 Å². The zero-order valence-electron chi connectivity index (χ0n) is 29.3. The Labute approximate surface area is 313 Å². The second-order valence-corrected chi connectivity index (χ2v) is 13.0. The average molecular weight is 787 g/mol. The molecule has 5 rings (SSSR count). The van der Waals surface area contributed by atoms with Gasteiger partial charge in [-0.1, -0.05) is 12.1 Å². The van der Waals surface area contributed by atoms with Crippen molar-refractivity contribution in [3.63, 3.8) is 0 Å². The summed E-state index contributed by atoms with van der Waals surface area (Å²) in [6, 6.07) is 8.37. The molecule has 0 saturated carbocycles. The van der Waals surface area contributed by atoms with Gasteiger partial charge < -0.3 is 94.1 Å². The van der Waals surface area contributed by atoms with Crippen LogP contribution in [0.2, 0.25) is 0 Å². The Morgan fingerprint density at radius 3 is 2.16 bits per heavy atom. The van der Waals surface area contributed by atoms with Gasteiger partial charge in [0, 0.05) is 6.08 Å². The maximum Gasteiger partial charge on any atom is 0.330 e. The van der Waals surface area contributed by atoms with Crippen molar-refractivity contribution in [3.05, 3.63) is 53.6 Å². The van der Waals surface area contributed by atoms with Crippen molar-refractivity contribution in [3.8, 4) is 23.0 Å². The van der Waals surface area contributed by atoms with Gasteiger partial charge in [0.05, 0.1) is 26.9 Å². The summed E-state index contributed by atoms with van der Waals surface area (Å²) in [4.78, 5) is 12.8. The number of benzene rings is 2. The number of rotatable bonds is 14. The number of aromatic hydroxyl groups is 3. The zero-order chi connectivity index (χ0) is 40.0. The number of hydrogen-bond acceptors (Lipinski definition) is 20. The molecule has 3 aliphatic heterocycles. The summed E-state index contributed by atoms with van der Waals surface area (Å²) in [6.07, 6.45) is -21.5. The molecule has 2 aromatic rings. The molecule has 55 heavy (non-hydrogen) atoms. The van der Waals surface area contributed by atoms with E-state index in [-0.39, 0.29) is 30.3 Å². The van der Waals surface area contributed by atoms with Gasteiger partial charge in [0.25, 0.3) is 0 Å². The summed E-state index contributed by atoms with van der Waals surface area (Å²) in [5, 5.41) is 113. The number of hydrogen-bond donors (Lipinski definition) is 11. The van der Waals surface area contributed by atoms with Crippen LogP contribution in [0.4, 0.5) is 0 Å². The van der Waals surface area contributed by atoms with Crippen LogP contribution in [-0.2, 0) is 44.4 Å². The molecular formula is C35H46O20. The number of aliphatic hydroxyl groups is 8. The number of esters is 1. The van der Waals surface area contributed by atoms with Crippen LogP contribution in [0.15, 0.2) is 42.5 Å². The van der Waals surface area contributed by atoms with Gasteiger partial charge in [0.2, 0.25) is 0 Å². The molecule has 0 radical (unpaired) electrons. The van der Waals surface area contributed by atoms with Crippen molar-refractivity contribution in [2.24, 2.45) is 0 Å². The molecule has 20 nitrogen and oxygen atoms in total. The summed E-state index contributed by atoms with van der Waals surface area (Å²) in [6.45, 7) is -2.15. The predicted molar refractivity (Wildman–Crippen MR) is 180 cm³/mol. The quantitative estimate of drug-likeness (QED) is 0.0508. The SMILES string of the molecule is COc1cc(C=CC(=O)OC[C@H]2O[C@@H](OCCc3ccc(O)c(O)c3)[C@H](O[C@H]3OC[C@@H](O)[C@@H](O)[C@@H]3O)[C@@H](O[C@@H]3O[C@H](CO)[C@@H](O)[C@H](O)[C@H]3O)[C@@H]2O)ccc1O. The molecule has 3 fully saturated rings. The average Bonchev–Trinajstić information content (AvgIpc) is 3.17. The van der Waals surface area contributed by atoms with E-state index in [0.29, 0.717) is 11.1 Å². The fourth-order valence-electron chi connectivity index (χ4n) is 6.04. The van der Waals surface area contributed by atoms with Gasteiger partial charge in [-0.05, 0) is 47.9 Å². The lowest BCUT2D eigenvalue weighted by Gasteiger charge is -2.48. The molecule has 0 amide bonds. The summed E-state index contributed by atoms with van der Waals surface area (Å²) < 4.78 is 45.2. The first-order valence-corrected chi connectivity index (χ1v) is 17.2. The Morgan fingerprint density at radius 2 is 1.45 bits per heavy atom. The van der Waals surface area contributed by atoms with E-state index in [1.54, 1.807) is 0 Å². The van der Waals surface area contributed by atoms with Crippen molar-refractivity contribution in [1.82, 2.24) is 0 Å². The Bertz CT molecular complexity index is 1590. The first-order valence-electron chi connectivity index (χ1n) is 17.2. The highest BCUT2D eigenvalue weighted by Gasteiger charge is 2.54. The highest BCUT2D eigenvalue weighted by Crippen LogP contribution is 2.34. The fraction of sp³-hybridized carbons (Fsp3) is 0.571. The number of aliphatic hydroxyl groups excluding tert-OH is 8. The van der Waals surface area contributed by atoms with Crippen LogP contribution < -0.4 is 4.74 Å². The van der Waals surface area contributed by atoms with E-state index >= 15 is 0 Å². The third kappa shape index (κ3) is 10.2. The van der Waals surface area contributed by atoms with Crippen LogP contribution in [0.1, 0.15) is 11.1 Å². The number of phenolic OH excluding ortho intramolecular Hbond substituents is 3. The second kappa shape index (κ2) is 19.0. The van der Waals surface area contributed by atoms with Gasteiger partial charge in [-0.3, -0.25) is 0 Å². The van der Waals surface area contributed by atoms with E-state index in [1.807, 2.05) is 0 Å². The standard InChI is InChI=1S/C35H46O20/c1-48-21-11-15(3-6-18(21)38)4-7-24(41)50-14-23-27(44)31(54-34-30(47)28(45)26(43)22(12-36)52-34)32(55-33-29(46)25(42)20(40)13-51-33)35(53-23)49-9-8-16-2-5-17(37)19(39)10-16/h2-7,10-11,20,22-23,25-40,42-47H,8-9,12-14H2,1H3/t20-,22-,23-,25-,26-,27-,28+,29+,30-,31+,32-,33-,34+,35-/m1/s1. The van der Waals surface area contributed by atoms with E-state index < -0.39 is 118 Å². The van der Waals surface area contributed by atoms with Gasteiger partial charge in [-0.25, -0.2) is 4.79 Å². The molecule has 3 saturated heterocycles. The Kier molecular flexibility index (Phi) is 14.6. The Balaban J connectivity index is 1.41. The number of phenols is 3. The topological polar surface area (TPSA) is 313 Å². The normalized spacial score (nSPS) is 35.4. The summed E-state index contributed by atoms with van der Waals surface area (Å²) >= 11 is 0. The Morgan fingerprint density at radius 1 is 0.764 bits per heavy atom. The van der Waals surface area contributed by atoms with Crippen LogP contribution >= 0.6 is 0 Å². The molecule has 11 N–H and O–H groups in total. The van der Waals surface area contributed by atoms with Crippen molar-refractivity contribution in [2.45, 2.75) is 92.4 Å². The minimum atomic E-state index is -1.96. The number of carbonyl (C=O) groups excluding carboxylic acids is 1. The summed E-state index contributed by atoms with van der Waals surface area (Å²) in [5.74, 6) is -1.62. The maximum absolute atomic E-state index is 12.8. The molecule has 0 unspecified atom stereocenters. The van der Waals surface area contributed by atoms with Crippen molar-refractivity contribution >= 4 is 12.0 Å². The smallest absolute Gasteiger partial charge is 0.330 e. The minimum absolute atomic E-state index is 0.0984. The first kappa shape index (κ1) is 42.4. The van der Waals surface area contributed by atoms with Crippen molar-refractivity contribution < 1.29 is 98.9 Å². The molecule has 0 aromatic heterocycles. The highest BCUT2D eigenvalue weighted by molar-refractivity contribution is 5.87. The lowest BCUT2D eigenvalue weighted by molar-refractivity contribution is -0.386.